The number of urea groups is 1. The summed E-state index contributed by atoms with van der Waals surface area (Å²) in [6, 6.07) is 7.83. The topological polar surface area (TPSA) is 81.3 Å². The van der Waals surface area contributed by atoms with Gasteiger partial charge in [0, 0.05) is 56.6 Å². The maximum Gasteiger partial charge on any atom is 0.321 e. The molecule has 0 unspecified atom stereocenters. The Bertz CT molecular complexity index is 839. The van der Waals surface area contributed by atoms with Crippen molar-refractivity contribution in [2.45, 2.75) is 39.0 Å². The van der Waals surface area contributed by atoms with Gasteiger partial charge in [-0.3, -0.25) is 4.79 Å². The maximum absolute atomic E-state index is 12.6. The second-order valence-corrected chi connectivity index (χ2v) is 8.43. The Labute approximate surface area is 171 Å². The number of imidazole rings is 1. The zero-order valence-corrected chi connectivity index (χ0v) is 17.0. The number of aromatic amines is 1. The molecule has 2 aliphatic heterocycles. The van der Waals surface area contributed by atoms with Crippen LogP contribution in [0.5, 0.6) is 0 Å². The quantitative estimate of drug-likeness (QED) is 0.834. The lowest BCUT2D eigenvalue weighted by molar-refractivity contribution is -0.138. The number of carbonyl (C=O) groups is 2. The molecule has 0 bridgehead atoms. The second kappa shape index (κ2) is 8.27. The van der Waals surface area contributed by atoms with Crippen LogP contribution < -0.4 is 5.32 Å². The van der Waals surface area contributed by atoms with Gasteiger partial charge in [0.2, 0.25) is 5.91 Å². The predicted molar refractivity (Wildman–Crippen MR) is 112 cm³/mol. The zero-order valence-electron chi connectivity index (χ0n) is 17.0. The van der Waals surface area contributed by atoms with Crippen LogP contribution in [0.3, 0.4) is 0 Å². The maximum atomic E-state index is 12.6. The first-order chi connectivity index (χ1) is 14.0. The number of nitrogens with one attached hydrogen (secondary N) is 2. The van der Waals surface area contributed by atoms with Crippen molar-refractivity contribution < 1.29 is 9.59 Å². The average Bonchev–Trinajstić information content (AvgIpc) is 3.25. The number of hydrogen-bond acceptors (Lipinski definition) is 3. The van der Waals surface area contributed by atoms with Crippen LogP contribution in [-0.4, -0.2) is 57.9 Å². The summed E-state index contributed by atoms with van der Waals surface area (Å²) in [6.45, 7) is 5.03. The fourth-order valence-corrected chi connectivity index (χ4v) is 4.41. The van der Waals surface area contributed by atoms with E-state index in [1.54, 1.807) is 6.33 Å². The summed E-state index contributed by atoms with van der Waals surface area (Å²) in [5.74, 6) is 0.245. The summed E-state index contributed by atoms with van der Waals surface area (Å²) in [5.41, 5.74) is 3.20. The molecule has 2 N–H and O–H groups in total. The van der Waals surface area contributed by atoms with Crippen LogP contribution in [0.4, 0.5) is 10.5 Å². The Kier molecular flexibility index (Phi) is 5.56. The van der Waals surface area contributed by atoms with Gasteiger partial charge in [0.05, 0.1) is 6.33 Å². The van der Waals surface area contributed by atoms with Crippen LogP contribution in [0.15, 0.2) is 36.8 Å². The highest BCUT2D eigenvalue weighted by atomic mass is 16.2. The number of hydrogen-bond donors (Lipinski definition) is 2. The Morgan fingerprint density at radius 3 is 2.66 bits per heavy atom. The first-order valence-corrected chi connectivity index (χ1v) is 10.4. The Morgan fingerprint density at radius 2 is 1.97 bits per heavy atom. The molecule has 2 aliphatic rings. The number of H-pyrrole nitrogens is 1. The third-order valence-electron chi connectivity index (χ3n) is 6.37. The van der Waals surface area contributed by atoms with Gasteiger partial charge >= 0.3 is 6.03 Å². The molecule has 0 atom stereocenters. The number of anilines is 1. The van der Waals surface area contributed by atoms with Gasteiger partial charge in [-0.2, -0.15) is 0 Å². The first-order valence-electron chi connectivity index (χ1n) is 10.4. The van der Waals surface area contributed by atoms with Gasteiger partial charge in [-0.25, -0.2) is 9.78 Å². The van der Waals surface area contributed by atoms with E-state index in [2.05, 4.69) is 15.3 Å². The molecule has 7 nitrogen and oxygen atoms in total. The number of piperidine rings is 2. The molecule has 7 heteroatoms. The highest BCUT2D eigenvalue weighted by molar-refractivity contribution is 5.89. The van der Waals surface area contributed by atoms with Crippen LogP contribution in [0.2, 0.25) is 0 Å². The number of rotatable bonds is 4. The van der Waals surface area contributed by atoms with Crippen molar-refractivity contribution >= 4 is 17.6 Å². The van der Waals surface area contributed by atoms with E-state index in [4.69, 9.17) is 0 Å². The molecule has 154 valence electrons. The SMILES string of the molecule is Cc1ccc(NC(=O)N2CCC3(CCC(=O)N(CCc4cnc[nH]4)C3)CC2)cc1. The number of likely N-dealkylation sites (tertiary alicyclic amines) is 2. The Hall–Kier alpha value is -2.83. The van der Waals surface area contributed by atoms with Gasteiger partial charge in [0.15, 0.2) is 0 Å². The molecule has 2 saturated heterocycles. The smallest absolute Gasteiger partial charge is 0.321 e. The van der Waals surface area contributed by atoms with Gasteiger partial charge in [0.25, 0.3) is 0 Å². The second-order valence-electron chi connectivity index (χ2n) is 8.43. The van der Waals surface area contributed by atoms with E-state index in [1.807, 2.05) is 47.2 Å². The Morgan fingerprint density at radius 1 is 1.21 bits per heavy atom. The number of aryl methyl sites for hydroxylation is 1. The van der Waals surface area contributed by atoms with E-state index < -0.39 is 0 Å². The molecule has 0 saturated carbocycles. The number of amides is 3. The number of carbonyl (C=O) groups excluding carboxylic acids is 2. The molecule has 1 aromatic heterocycles. The molecule has 1 spiro atoms. The fraction of sp³-hybridized carbons (Fsp3) is 0.500. The summed E-state index contributed by atoms with van der Waals surface area (Å²) < 4.78 is 0. The van der Waals surface area contributed by atoms with Crippen LogP contribution in [0.25, 0.3) is 0 Å². The van der Waals surface area contributed by atoms with Gasteiger partial charge in [-0.05, 0) is 43.7 Å². The summed E-state index contributed by atoms with van der Waals surface area (Å²) in [5, 5.41) is 3.00. The van der Waals surface area contributed by atoms with E-state index in [0.29, 0.717) is 6.42 Å². The molecule has 4 rings (SSSR count). The van der Waals surface area contributed by atoms with E-state index in [0.717, 1.165) is 63.2 Å². The summed E-state index contributed by atoms with van der Waals surface area (Å²) in [7, 11) is 0. The van der Waals surface area contributed by atoms with Gasteiger partial charge in [0.1, 0.15) is 0 Å². The summed E-state index contributed by atoms with van der Waals surface area (Å²) >= 11 is 0. The molecule has 0 radical (unpaired) electrons. The van der Waals surface area contributed by atoms with E-state index in [-0.39, 0.29) is 17.4 Å². The summed E-state index contributed by atoms with van der Waals surface area (Å²) in [6.07, 6.45) is 7.72. The standard InChI is InChI=1S/C22H29N5O2/c1-17-2-4-18(5-3-17)25-21(29)26-12-9-22(10-13-26)8-6-20(28)27(15-22)11-7-19-14-23-16-24-19/h2-5,14,16H,6-13,15H2,1H3,(H,23,24)(H,25,29). The lowest BCUT2D eigenvalue weighted by Crippen LogP contribution is -2.53. The van der Waals surface area contributed by atoms with Gasteiger partial charge in [-0.15, -0.1) is 0 Å². The van der Waals surface area contributed by atoms with Crippen molar-refractivity contribution in [3.63, 3.8) is 0 Å². The normalized spacial score (nSPS) is 18.9. The third-order valence-corrected chi connectivity index (χ3v) is 6.37. The molecule has 0 aliphatic carbocycles. The van der Waals surface area contributed by atoms with Crippen molar-refractivity contribution in [1.82, 2.24) is 19.8 Å². The van der Waals surface area contributed by atoms with Crippen molar-refractivity contribution in [3.05, 3.63) is 48.0 Å². The van der Waals surface area contributed by atoms with Crippen molar-refractivity contribution in [2.75, 3.05) is 31.5 Å². The van der Waals surface area contributed by atoms with Gasteiger partial charge in [-0.1, -0.05) is 17.7 Å². The van der Waals surface area contributed by atoms with E-state index in [1.165, 1.54) is 5.56 Å². The average molecular weight is 396 g/mol. The molecular weight excluding hydrogens is 366 g/mol. The van der Waals surface area contributed by atoms with Crippen LogP contribution in [0.1, 0.15) is 36.9 Å². The van der Waals surface area contributed by atoms with Crippen molar-refractivity contribution in [1.29, 1.82) is 0 Å². The number of aromatic nitrogens is 2. The molecule has 3 amide bonds. The molecule has 29 heavy (non-hydrogen) atoms. The van der Waals surface area contributed by atoms with E-state index >= 15 is 0 Å². The van der Waals surface area contributed by atoms with Crippen LogP contribution in [-0.2, 0) is 11.2 Å². The lowest BCUT2D eigenvalue weighted by atomic mass is 9.72. The minimum Gasteiger partial charge on any atom is -0.348 e. The highest BCUT2D eigenvalue weighted by Crippen LogP contribution is 2.40. The number of benzene rings is 1. The van der Waals surface area contributed by atoms with E-state index in [9.17, 15) is 9.59 Å². The first kappa shape index (κ1) is 19.5. The zero-order chi connectivity index (χ0) is 20.3. The van der Waals surface area contributed by atoms with Crippen LogP contribution >= 0.6 is 0 Å². The third kappa shape index (κ3) is 4.60. The van der Waals surface area contributed by atoms with Crippen molar-refractivity contribution in [3.8, 4) is 0 Å². The molecule has 3 heterocycles. The molecule has 2 fully saturated rings. The summed E-state index contributed by atoms with van der Waals surface area (Å²) in [4.78, 5) is 36.1. The van der Waals surface area contributed by atoms with Gasteiger partial charge < -0.3 is 20.1 Å². The minimum absolute atomic E-state index is 0.0355. The minimum atomic E-state index is -0.0355. The lowest BCUT2D eigenvalue weighted by Gasteiger charge is -2.47. The van der Waals surface area contributed by atoms with Crippen molar-refractivity contribution in [2.24, 2.45) is 5.41 Å². The fourth-order valence-electron chi connectivity index (χ4n) is 4.41. The Balaban J connectivity index is 1.30. The molecule has 1 aromatic carbocycles. The number of nitrogens with zero attached hydrogens (tertiary/aromatic N) is 3. The molecule has 2 aromatic rings. The largest absolute Gasteiger partial charge is 0.348 e. The van der Waals surface area contributed by atoms with Crippen LogP contribution in [0, 0.1) is 12.3 Å². The monoisotopic (exact) mass is 395 g/mol. The predicted octanol–water partition coefficient (Wildman–Crippen LogP) is 3.20. The molecular formula is C22H29N5O2. The highest BCUT2D eigenvalue weighted by Gasteiger charge is 2.41.